The van der Waals surface area contributed by atoms with Crippen molar-refractivity contribution < 1.29 is 4.39 Å². The summed E-state index contributed by atoms with van der Waals surface area (Å²) in [5.41, 5.74) is 7.66. The van der Waals surface area contributed by atoms with Gasteiger partial charge in [0.15, 0.2) is 0 Å². The molecular weight excluding hydrogens is 319 g/mol. The van der Waals surface area contributed by atoms with Crippen molar-refractivity contribution in [2.75, 3.05) is 0 Å². The summed E-state index contributed by atoms with van der Waals surface area (Å²) < 4.78 is 13.8. The molecule has 2 rings (SSSR count). The number of nitrogens with two attached hydrogens (primary N) is 1. The normalized spacial score (nSPS) is 12.4. The van der Waals surface area contributed by atoms with Crippen LogP contribution >= 0.6 is 27.5 Å². The van der Waals surface area contributed by atoms with Gasteiger partial charge in [0.05, 0.1) is 11.7 Å². The summed E-state index contributed by atoms with van der Waals surface area (Å²) in [6.07, 6.45) is 2.20. The predicted octanol–water partition coefficient (Wildman–Crippen LogP) is 3.88. The summed E-state index contributed by atoms with van der Waals surface area (Å²) in [7, 11) is 0. The molecule has 0 saturated carbocycles. The van der Waals surface area contributed by atoms with Crippen molar-refractivity contribution in [2.24, 2.45) is 5.73 Å². The topological polar surface area (TPSA) is 38.9 Å². The Balaban J connectivity index is 2.21. The van der Waals surface area contributed by atoms with Gasteiger partial charge in [0, 0.05) is 15.7 Å². The molecule has 0 bridgehead atoms. The van der Waals surface area contributed by atoms with Crippen LogP contribution < -0.4 is 5.73 Å². The van der Waals surface area contributed by atoms with Crippen LogP contribution in [0.1, 0.15) is 17.3 Å². The van der Waals surface area contributed by atoms with E-state index in [1.165, 1.54) is 12.1 Å². The number of hydrogen-bond donors (Lipinski definition) is 1. The van der Waals surface area contributed by atoms with Gasteiger partial charge in [0.25, 0.3) is 0 Å². The number of pyridine rings is 1. The fraction of sp³-hybridized carbons (Fsp3) is 0.154. The summed E-state index contributed by atoms with van der Waals surface area (Å²) in [4.78, 5) is 4.23. The van der Waals surface area contributed by atoms with Crippen LogP contribution in [-0.4, -0.2) is 4.98 Å². The predicted molar refractivity (Wildman–Crippen MR) is 74.0 cm³/mol. The summed E-state index contributed by atoms with van der Waals surface area (Å²) in [5.74, 6) is -0.351. The number of hydrogen-bond acceptors (Lipinski definition) is 2. The van der Waals surface area contributed by atoms with E-state index < -0.39 is 0 Å². The van der Waals surface area contributed by atoms with Gasteiger partial charge in [-0.1, -0.05) is 17.7 Å². The molecule has 0 aliphatic heterocycles. The lowest BCUT2D eigenvalue weighted by molar-refractivity contribution is 0.625. The van der Waals surface area contributed by atoms with Crippen LogP contribution in [0.5, 0.6) is 0 Å². The SMILES string of the molecule is NC(Cc1ccc(F)cc1Cl)c1ncccc1Br. The highest BCUT2D eigenvalue weighted by Crippen LogP contribution is 2.25. The van der Waals surface area contributed by atoms with Gasteiger partial charge in [0.1, 0.15) is 5.82 Å². The maximum absolute atomic E-state index is 12.9. The lowest BCUT2D eigenvalue weighted by Crippen LogP contribution is -2.15. The first-order valence-corrected chi connectivity index (χ1v) is 6.55. The van der Waals surface area contributed by atoms with E-state index in [-0.39, 0.29) is 11.9 Å². The highest BCUT2D eigenvalue weighted by molar-refractivity contribution is 9.10. The average Bonchev–Trinajstić information content (AvgIpc) is 2.33. The molecule has 1 unspecified atom stereocenters. The Bertz CT molecular complexity index is 562. The average molecular weight is 330 g/mol. The highest BCUT2D eigenvalue weighted by Gasteiger charge is 2.13. The Kier molecular flexibility index (Phi) is 4.32. The van der Waals surface area contributed by atoms with Crippen molar-refractivity contribution in [1.29, 1.82) is 0 Å². The van der Waals surface area contributed by atoms with Gasteiger partial charge in [0.2, 0.25) is 0 Å². The molecule has 0 saturated heterocycles. The standard InChI is InChI=1S/C13H11BrClFN2/c14-10-2-1-5-18-13(10)12(17)6-8-3-4-9(16)7-11(8)15/h1-5,7,12H,6,17H2. The molecule has 1 aromatic heterocycles. The van der Waals surface area contributed by atoms with Crippen molar-refractivity contribution in [3.63, 3.8) is 0 Å². The third-order valence-electron chi connectivity index (χ3n) is 2.59. The summed E-state index contributed by atoms with van der Waals surface area (Å²) in [6, 6.07) is 7.73. The second-order valence-corrected chi connectivity index (χ2v) is 5.18. The van der Waals surface area contributed by atoms with Crippen LogP contribution in [0.3, 0.4) is 0 Å². The smallest absolute Gasteiger partial charge is 0.124 e. The van der Waals surface area contributed by atoms with E-state index in [2.05, 4.69) is 20.9 Å². The van der Waals surface area contributed by atoms with Crippen molar-refractivity contribution in [3.05, 3.63) is 63.1 Å². The zero-order valence-electron chi connectivity index (χ0n) is 9.41. The number of benzene rings is 1. The Morgan fingerprint density at radius 3 is 2.83 bits per heavy atom. The van der Waals surface area contributed by atoms with Crippen LogP contribution in [0.25, 0.3) is 0 Å². The van der Waals surface area contributed by atoms with Crippen molar-refractivity contribution in [2.45, 2.75) is 12.5 Å². The molecule has 2 N–H and O–H groups in total. The first kappa shape index (κ1) is 13.5. The molecule has 94 valence electrons. The zero-order chi connectivity index (χ0) is 13.1. The molecule has 0 aliphatic rings. The maximum atomic E-state index is 12.9. The number of aromatic nitrogens is 1. The van der Waals surface area contributed by atoms with E-state index in [0.717, 1.165) is 15.7 Å². The molecule has 2 aromatic rings. The Hall–Kier alpha value is -0.970. The third kappa shape index (κ3) is 3.07. The molecule has 1 heterocycles. The molecule has 0 amide bonds. The van der Waals surface area contributed by atoms with E-state index in [9.17, 15) is 4.39 Å². The zero-order valence-corrected chi connectivity index (χ0v) is 11.7. The van der Waals surface area contributed by atoms with Crippen LogP contribution in [0.15, 0.2) is 41.0 Å². The van der Waals surface area contributed by atoms with Gasteiger partial charge in [-0.2, -0.15) is 0 Å². The highest BCUT2D eigenvalue weighted by atomic mass is 79.9. The number of nitrogens with zero attached hydrogens (tertiary/aromatic N) is 1. The Labute approximate surface area is 118 Å². The lowest BCUT2D eigenvalue weighted by Gasteiger charge is -2.13. The molecule has 1 atom stereocenters. The second-order valence-electron chi connectivity index (χ2n) is 3.92. The van der Waals surface area contributed by atoms with E-state index in [1.807, 2.05) is 12.1 Å². The van der Waals surface area contributed by atoms with Gasteiger partial charge in [-0.25, -0.2) is 4.39 Å². The number of rotatable bonds is 3. The van der Waals surface area contributed by atoms with Crippen molar-refractivity contribution in [1.82, 2.24) is 4.98 Å². The second kappa shape index (κ2) is 5.78. The first-order valence-electron chi connectivity index (χ1n) is 5.38. The van der Waals surface area contributed by atoms with Crippen molar-refractivity contribution in [3.8, 4) is 0 Å². The minimum Gasteiger partial charge on any atom is -0.322 e. The largest absolute Gasteiger partial charge is 0.322 e. The Morgan fingerprint density at radius 2 is 2.17 bits per heavy atom. The minimum absolute atomic E-state index is 0.288. The molecular formula is C13H11BrClFN2. The molecule has 0 spiro atoms. The van der Waals surface area contributed by atoms with Crippen LogP contribution in [0, 0.1) is 5.82 Å². The van der Waals surface area contributed by atoms with Gasteiger partial charge in [-0.15, -0.1) is 0 Å². The Morgan fingerprint density at radius 1 is 1.39 bits per heavy atom. The summed E-state index contributed by atoms with van der Waals surface area (Å²) in [5, 5.41) is 0.387. The quantitative estimate of drug-likeness (QED) is 0.928. The first-order chi connectivity index (χ1) is 8.58. The van der Waals surface area contributed by atoms with E-state index in [4.69, 9.17) is 17.3 Å². The van der Waals surface area contributed by atoms with Crippen LogP contribution in [0.2, 0.25) is 5.02 Å². The summed E-state index contributed by atoms with van der Waals surface area (Å²) in [6.45, 7) is 0. The van der Waals surface area contributed by atoms with E-state index in [0.29, 0.717) is 11.4 Å². The third-order valence-corrected chi connectivity index (χ3v) is 3.62. The maximum Gasteiger partial charge on any atom is 0.124 e. The van der Waals surface area contributed by atoms with Crippen LogP contribution in [0.4, 0.5) is 4.39 Å². The van der Waals surface area contributed by atoms with Crippen molar-refractivity contribution >= 4 is 27.5 Å². The monoisotopic (exact) mass is 328 g/mol. The summed E-state index contributed by atoms with van der Waals surface area (Å²) >= 11 is 9.38. The molecule has 0 aliphatic carbocycles. The van der Waals surface area contributed by atoms with Gasteiger partial charge in [-0.3, -0.25) is 4.98 Å². The fourth-order valence-electron chi connectivity index (χ4n) is 1.69. The van der Waals surface area contributed by atoms with Crippen LogP contribution in [-0.2, 0) is 6.42 Å². The molecule has 0 fully saturated rings. The molecule has 5 heteroatoms. The van der Waals surface area contributed by atoms with Gasteiger partial charge < -0.3 is 5.73 Å². The lowest BCUT2D eigenvalue weighted by atomic mass is 10.0. The molecule has 1 aromatic carbocycles. The van der Waals surface area contributed by atoms with Gasteiger partial charge >= 0.3 is 0 Å². The molecule has 18 heavy (non-hydrogen) atoms. The minimum atomic E-state index is -0.351. The van der Waals surface area contributed by atoms with E-state index >= 15 is 0 Å². The molecule has 0 radical (unpaired) electrons. The fourth-order valence-corrected chi connectivity index (χ4v) is 2.48. The van der Waals surface area contributed by atoms with E-state index in [1.54, 1.807) is 12.3 Å². The number of halogens is 3. The van der Waals surface area contributed by atoms with Gasteiger partial charge in [-0.05, 0) is 52.2 Å². The molecule has 2 nitrogen and oxygen atoms in total.